The van der Waals surface area contributed by atoms with Crippen molar-refractivity contribution in [2.24, 2.45) is 0 Å². The molecular weight excluding hydrogens is 321 g/mol. The average molecular weight is 337 g/mol. The summed E-state index contributed by atoms with van der Waals surface area (Å²) in [5, 5.41) is 5.93. The van der Waals surface area contributed by atoms with Gasteiger partial charge in [-0.2, -0.15) is 0 Å². The van der Waals surface area contributed by atoms with E-state index in [4.69, 9.17) is 11.6 Å². The molecule has 2 aliphatic rings. The zero-order valence-corrected chi connectivity index (χ0v) is 12.7. The molecule has 1 aromatic carbocycles. The lowest BCUT2D eigenvalue weighted by atomic mass is 9.99. The second-order valence-corrected chi connectivity index (χ2v) is 5.93. The van der Waals surface area contributed by atoms with Gasteiger partial charge in [-0.3, -0.25) is 4.79 Å². The summed E-state index contributed by atoms with van der Waals surface area (Å²) < 4.78 is 27.0. The first-order valence-electron chi connectivity index (χ1n) is 6.74. The van der Waals surface area contributed by atoms with Gasteiger partial charge >= 0.3 is 0 Å². The third-order valence-corrected chi connectivity index (χ3v) is 4.35. The summed E-state index contributed by atoms with van der Waals surface area (Å²) >= 11 is 5.47. The zero-order chi connectivity index (χ0) is 14.3. The van der Waals surface area contributed by atoms with E-state index in [0.29, 0.717) is 12.1 Å². The van der Waals surface area contributed by atoms with Gasteiger partial charge < -0.3 is 10.6 Å². The molecule has 2 atom stereocenters. The van der Waals surface area contributed by atoms with E-state index >= 15 is 0 Å². The van der Waals surface area contributed by atoms with Crippen LogP contribution < -0.4 is 10.6 Å². The topological polar surface area (TPSA) is 41.1 Å². The van der Waals surface area contributed by atoms with E-state index in [9.17, 15) is 13.6 Å². The minimum atomic E-state index is -0.800. The summed E-state index contributed by atoms with van der Waals surface area (Å²) in [4.78, 5) is 12.0. The van der Waals surface area contributed by atoms with Crippen LogP contribution in [0.25, 0.3) is 0 Å². The molecule has 2 fully saturated rings. The highest BCUT2D eigenvalue weighted by atomic mass is 35.5. The predicted molar refractivity (Wildman–Crippen MR) is 79.0 cm³/mol. The van der Waals surface area contributed by atoms with Gasteiger partial charge in [-0.1, -0.05) is 11.6 Å². The molecule has 0 saturated carbocycles. The van der Waals surface area contributed by atoms with Crippen molar-refractivity contribution in [2.45, 2.75) is 43.8 Å². The Kier molecular flexibility index (Phi) is 5.07. The quantitative estimate of drug-likeness (QED) is 0.815. The van der Waals surface area contributed by atoms with Crippen molar-refractivity contribution in [2.75, 3.05) is 0 Å². The monoisotopic (exact) mass is 336 g/mol. The Labute approximate surface area is 132 Å². The first-order valence-corrected chi connectivity index (χ1v) is 7.12. The Bertz CT molecular complexity index is 544. The largest absolute Gasteiger partial charge is 0.349 e. The molecule has 0 spiro atoms. The lowest BCUT2D eigenvalue weighted by molar-refractivity contribution is 0.0919. The van der Waals surface area contributed by atoms with Gasteiger partial charge in [0.25, 0.3) is 5.91 Å². The van der Waals surface area contributed by atoms with Crippen molar-refractivity contribution in [3.05, 3.63) is 34.4 Å². The van der Waals surface area contributed by atoms with Crippen molar-refractivity contribution in [3.63, 3.8) is 0 Å². The van der Waals surface area contributed by atoms with Crippen molar-refractivity contribution < 1.29 is 13.6 Å². The van der Waals surface area contributed by atoms with Crippen LogP contribution in [0.1, 0.15) is 36.0 Å². The molecule has 2 bridgehead atoms. The second-order valence-electron chi connectivity index (χ2n) is 5.53. The molecule has 0 aliphatic carbocycles. The Morgan fingerprint density at radius 1 is 1.19 bits per heavy atom. The molecular formula is C14H16Cl2F2N2O. The van der Waals surface area contributed by atoms with Crippen molar-refractivity contribution >= 4 is 29.9 Å². The van der Waals surface area contributed by atoms with E-state index in [-0.39, 0.29) is 29.0 Å². The molecule has 1 amide bonds. The van der Waals surface area contributed by atoms with Crippen LogP contribution in [0.15, 0.2) is 12.1 Å². The molecule has 1 aromatic rings. The molecule has 2 N–H and O–H groups in total. The number of fused-ring (bicyclic) bond motifs is 2. The van der Waals surface area contributed by atoms with E-state index in [1.165, 1.54) is 0 Å². The molecule has 0 radical (unpaired) electrons. The predicted octanol–water partition coefficient (Wildman–Crippen LogP) is 3.05. The highest BCUT2D eigenvalue weighted by Gasteiger charge is 2.34. The number of hydrogen-bond acceptors (Lipinski definition) is 2. The van der Waals surface area contributed by atoms with Crippen LogP contribution in [-0.2, 0) is 0 Å². The summed E-state index contributed by atoms with van der Waals surface area (Å²) in [6.07, 6.45) is 3.89. The van der Waals surface area contributed by atoms with Crippen LogP contribution in [0.3, 0.4) is 0 Å². The molecule has 116 valence electrons. The number of benzene rings is 1. The first-order chi connectivity index (χ1) is 9.52. The Morgan fingerprint density at radius 3 is 2.43 bits per heavy atom. The number of rotatable bonds is 2. The molecule has 3 rings (SSSR count). The zero-order valence-electron chi connectivity index (χ0n) is 11.2. The maximum atomic E-state index is 13.7. The van der Waals surface area contributed by atoms with E-state index in [1.54, 1.807) is 0 Å². The SMILES string of the molecule is Cl.O=C(NC1CC2CCC(C1)N2)c1cc(F)c(Cl)cc1F. The minimum absolute atomic E-state index is 0. The second kappa shape index (κ2) is 6.46. The summed E-state index contributed by atoms with van der Waals surface area (Å²) in [7, 11) is 0. The van der Waals surface area contributed by atoms with Crippen molar-refractivity contribution in [1.82, 2.24) is 10.6 Å². The van der Waals surface area contributed by atoms with Gasteiger partial charge in [0.15, 0.2) is 0 Å². The van der Waals surface area contributed by atoms with Crippen LogP contribution in [0, 0.1) is 11.6 Å². The minimum Gasteiger partial charge on any atom is -0.349 e. The number of carbonyl (C=O) groups excluding carboxylic acids is 1. The summed E-state index contributed by atoms with van der Waals surface area (Å²) in [5.74, 6) is -2.17. The van der Waals surface area contributed by atoms with Gasteiger partial charge in [-0.25, -0.2) is 8.78 Å². The Hall–Kier alpha value is -0.910. The Morgan fingerprint density at radius 2 is 1.81 bits per heavy atom. The van der Waals surface area contributed by atoms with Crippen LogP contribution in [-0.4, -0.2) is 24.0 Å². The van der Waals surface area contributed by atoms with Gasteiger partial charge in [0.1, 0.15) is 11.6 Å². The van der Waals surface area contributed by atoms with Crippen LogP contribution in [0.2, 0.25) is 5.02 Å². The van der Waals surface area contributed by atoms with Crippen LogP contribution in [0.5, 0.6) is 0 Å². The summed E-state index contributed by atoms with van der Waals surface area (Å²) in [6.45, 7) is 0. The van der Waals surface area contributed by atoms with Gasteiger partial charge in [-0.05, 0) is 37.8 Å². The molecule has 21 heavy (non-hydrogen) atoms. The number of halogens is 4. The highest BCUT2D eigenvalue weighted by Crippen LogP contribution is 2.27. The Balaban J connectivity index is 0.00000161. The summed E-state index contributed by atoms with van der Waals surface area (Å²) in [6, 6.07) is 2.54. The van der Waals surface area contributed by atoms with Gasteiger partial charge in [0.05, 0.1) is 10.6 Å². The standard InChI is InChI=1S/C14H15ClF2N2O.ClH/c15-11-6-12(16)10(5-13(11)17)14(20)19-9-3-7-1-2-8(4-9)18-7;/h5-9,18H,1-4H2,(H,19,20);1H. The third kappa shape index (κ3) is 3.47. The molecule has 2 aliphatic heterocycles. The van der Waals surface area contributed by atoms with E-state index in [2.05, 4.69) is 10.6 Å². The van der Waals surface area contributed by atoms with Crippen LogP contribution in [0.4, 0.5) is 8.78 Å². The van der Waals surface area contributed by atoms with E-state index < -0.39 is 17.5 Å². The fraction of sp³-hybridized carbons (Fsp3) is 0.500. The molecule has 3 nitrogen and oxygen atoms in total. The van der Waals surface area contributed by atoms with E-state index in [0.717, 1.165) is 37.8 Å². The molecule has 2 saturated heterocycles. The molecule has 0 aromatic heterocycles. The normalized spacial score (nSPS) is 27.1. The molecule has 2 unspecified atom stereocenters. The van der Waals surface area contributed by atoms with Gasteiger partial charge in [0.2, 0.25) is 0 Å². The number of piperidine rings is 1. The van der Waals surface area contributed by atoms with Gasteiger partial charge in [0, 0.05) is 18.1 Å². The van der Waals surface area contributed by atoms with Crippen LogP contribution >= 0.6 is 24.0 Å². The lowest BCUT2D eigenvalue weighted by Crippen LogP contribution is -2.48. The fourth-order valence-electron chi connectivity index (χ4n) is 3.13. The average Bonchev–Trinajstić information content (AvgIpc) is 2.73. The molecule has 7 heteroatoms. The van der Waals surface area contributed by atoms with E-state index in [1.807, 2.05) is 0 Å². The van der Waals surface area contributed by atoms with Crippen molar-refractivity contribution in [3.8, 4) is 0 Å². The lowest BCUT2D eigenvalue weighted by Gasteiger charge is -2.29. The fourth-order valence-corrected chi connectivity index (χ4v) is 3.29. The maximum absolute atomic E-state index is 13.7. The van der Waals surface area contributed by atoms with Crippen molar-refractivity contribution in [1.29, 1.82) is 0 Å². The maximum Gasteiger partial charge on any atom is 0.254 e. The smallest absolute Gasteiger partial charge is 0.254 e. The van der Waals surface area contributed by atoms with Gasteiger partial charge in [-0.15, -0.1) is 12.4 Å². The number of amides is 1. The number of carbonyl (C=O) groups is 1. The molecule has 2 heterocycles. The summed E-state index contributed by atoms with van der Waals surface area (Å²) in [5.41, 5.74) is -0.294. The first kappa shape index (κ1) is 16.5. The number of hydrogen-bond donors (Lipinski definition) is 2. The highest BCUT2D eigenvalue weighted by molar-refractivity contribution is 6.30. The third-order valence-electron chi connectivity index (χ3n) is 4.06. The number of nitrogens with one attached hydrogen (secondary N) is 2.